The van der Waals surface area contributed by atoms with E-state index in [1.807, 2.05) is 30.3 Å². The molecule has 1 heterocycles. The zero-order valence-corrected chi connectivity index (χ0v) is 11.5. The van der Waals surface area contributed by atoms with Crippen LogP contribution in [-0.2, 0) is 11.3 Å². The molecule has 2 aromatic rings. The minimum absolute atomic E-state index is 0.0901. The van der Waals surface area contributed by atoms with Crippen molar-refractivity contribution in [3.63, 3.8) is 0 Å². The molecule has 0 bridgehead atoms. The fraction of sp³-hybridized carbons (Fsp3) is 0.154. The number of rotatable bonds is 4. The molecule has 104 valence electrons. The third kappa shape index (κ3) is 3.33. The van der Waals surface area contributed by atoms with Crippen molar-refractivity contribution in [1.82, 2.24) is 4.98 Å². The molecule has 0 spiro atoms. The molecule has 0 fully saturated rings. The van der Waals surface area contributed by atoms with Crippen LogP contribution in [0.5, 0.6) is 0 Å². The number of carbonyl (C=O) groups excluding carboxylic acids is 1. The summed E-state index contributed by atoms with van der Waals surface area (Å²) in [6, 6.07) is 9.28. The molecule has 1 aromatic carbocycles. The number of anilines is 1. The topological polar surface area (TPSA) is 79.7 Å². The molecule has 0 aliphatic carbocycles. The van der Waals surface area contributed by atoms with Crippen LogP contribution >= 0.6 is 11.3 Å². The molecular formula is C13H12N2O4S. The number of carbonyl (C=O) groups is 2. The van der Waals surface area contributed by atoms with Crippen LogP contribution in [0.25, 0.3) is 0 Å². The number of benzene rings is 1. The van der Waals surface area contributed by atoms with Gasteiger partial charge in [0.05, 0.1) is 0 Å². The van der Waals surface area contributed by atoms with E-state index < -0.39 is 12.1 Å². The lowest BCUT2D eigenvalue weighted by Gasteiger charge is -2.13. The molecule has 2 rings (SSSR count). The summed E-state index contributed by atoms with van der Waals surface area (Å²) in [5.74, 6) is -1.13. The number of amides is 1. The molecule has 1 aromatic heterocycles. The highest BCUT2D eigenvalue weighted by atomic mass is 32.1. The largest absolute Gasteiger partial charge is 0.476 e. The highest BCUT2D eigenvalue weighted by Gasteiger charge is 2.18. The Morgan fingerprint density at radius 1 is 1.35 bits per heavy atom. The first-order valence-electron chi connectivity index (χ1n) is 5.71. The summed E-state index contributed by atoms with van der Waals surface area (Å²) >= 11 is 1.07. The van der Waals surface area contributed by atoms with E-state index in [0.29, 0.717) is 0 Å². The van der Waals surface area contributed by atoms with Crippen molar-refractivity contribution in [1.29, 1.82) is 0 Å². The summed E-state index contributed by atoms with van der Waals surface area (Å²) in [5, 5.41) is 10.4. The van der Waals surface area contributed by atoms with E-state index in [1.54, 1.807) is 0 Å². The molecule has 6 nitrogen and oxygen atoms in total. The van der Waals surface area contributed by atoms with Crippen LogP contribution in [0.2, 0.25) is 0 Å². The third-order valence-corrected chi connectivity index (χ3v) is 3.39. The summed E-state index contributed by atoms with van der Waals surface area (Å²) in [7, 11) is 1.48. The van der Waals surface area contributed by atoms with Crippen LogP contribution in [0, 0.1) is 0 Å². The Labute approximate surface area is 119 Å². The second-order valence-corrected chi connectivity index (χ2v) is 4.76. The highest BCUT2D eigenvalue weighted by Crippen LogP contribution is 2.20. The second kappa shape index (κ2) is 6.16. The van der Waals surface area contributed by atoms with Gasteiger partial charge in [-0.05, 0) is 5.56 Å². The van der Waals surface area contributed by atoms with Gasteiger partial charge in [-0.2, -0.15) is 0 Å². The Kier molecular flexibility index (Phi) is 4.31. The van der Waals surface area contributed by atoms with Gasteiger partial charge in [-0.1, -0.05) is 30.3 Å². The molecule has 1 N–H and O–H groups in total. The predicted molar refractivity (Wildman–Crippen MR) is 74.1 cm³/mol. The molecule has 0 aliphatic heterocycles. The molecular weight excluding hydrogens is 280 g/mol. The normalized spacial score (nSPS) is 10.1. The first kappa shape index (κ1) is 14.0. The summed E-state index contributed by atoms with van der Waals surface area (Å²) in [5.41, 5.74) is 0.785. The number of hydrogen-bond donors (Lipinski definition) is 1. The van der Waals surface area contributed by atoms with Gasteiger partial charge in [-0.3, -0.25) is 4.90 Å². The molecule has 0 radical (unpaired) electrons. The number of ether oxygens (including phenoxy) is 1. The van der Waals surface area contributed by atoms with Crippen molar-refractivity contribution in [3.8, 4) is 0 Å². The summed E-state index contributed by atoms with van der Waals surface area (Å²) < 4.78 is 5.12. The SMILES string of the molecule is CN(C(=O)OCc1ccccc1)c1nc(C(=O)O)cs1. The fourth-order valence-corrected chi connectivity index (χ4v) is 2.17. The monoisotopic (exact) mass is 292 g/mol. The minimum Gasteiger partial charge on any atom is -0.476 e. The van der Waals surface area contributed by atoms with Gasteiger partial charge in [-0.25, -0.2) is 14.6 Å². The van der Waals surface area contributed by atoms with Gasteiger partial charge in [0.1, 0.15) is 6.61 Å². The maximum Gasteiger partial charge on any atom is 0.416 e. The molecule has 1 amide bonds. The summed E-state index contributed by atoms with van der Waals surface area (Å²) in [6.45, 7) is 0.154. The van der Waals surface area contributed by atoms with Gasteiger partial charge in [0, 0.05) is 12.4 Å². The van der Waals surface area contributed by atoms with Crippen molar-refractivity contribution < 1.29 is 19.4 Å². The van der Waals surface area contributed by atoms with Crippen molar-refractivity contribution in [3.05, 3.63) is 47.0 Å². The first-order valence-corrected chi connectivity index (χ1v) is 6.59. The van der Waals surface area contributed by atoms with Crippen LogP contribution in [0.1, 0.15) is 16.1 Å². The van der Waals surface area contributed by atoms with Gasteiger partial charge < -0.3 is 9.84 Å². The number of nitrogens with zero attached hydrogens (tertiary/aromatic N) is 2. The lowest BCUT2D eigenvalue weighted by molar-refractivity contribution is 0.0691. The number of carboxylic acids is 1. The number of aromatic carboxylic acids is 1. The average Bonchev–Trinajstić information content (AvgIpc) is 2.95. The van der Waals surface area contributed by atoms with E-state index in [0.717, 1.165) is 16.9 Å². The quantitative estimate of drug-likeness (QED) is 0.937. The van der Waals surface area contributed by atoms with Crippen LogP contribution < -0.4 is 4.90 Å². The van der Waals surface area contributed by atoms with Gasteiger partial charge in [0.2, 0.25) is 0 Å². The van der Waals surface area contributed by atoms with Gasteiger partial charge in [-0.15, -0.1) is 11.3 Å². The van der Waals surface area contributed by atoms with Gasteiger partial charge in [0.25, 0.3) is 0 Å². The maximum atomic E-state index is 11.8. The maximum absolute atomic E-state index is 11.8. The Morgan fingerprint density at radius 2 is 2.05 bits per heavy atom. The molecule has 7 heteroatoms. The van der Waals surface area contributed by atoms with Crippen LogP contribution in [0.4, 0.5) is 9.93 Å². The molecule has 0 aliphatic rings. The number of hydrogen-bond acceptors (Lipinski definition) is 5. The predicted octanol–water partition coefficient (Wildman–Crippen LogP) is 2.61. The molecule has 0 unspecified atom stereocenters. The lowest BCUT2D eigenvalue weighted by atomic mass is 10.2. The second-order valence-electron chi connectivity index (χ2n) is 3.92. The Balaban J connectivity index is 1.96. The van der Waals surface area contributed by atoms with Crippen molar-refractivity contribution >= 4 is 28.5 Å². The Hall–Kier alpha value is -2.41. The van der Waals surface area contributed by atoms with E-state index in [1.165, 1.54) is 17.3 Å². The first-order chi connectivity index (χ1) is 9.58. The number of thiazole rings is 1. The van der Waals surface area contributed by atoms with E-state index >= 15 is 0 Å². The molecule has 0 saturated heterocycles. The zero-order chi connectivity index (χ0) is 14.5. The molecule has 0 atom stereocenters. The van der Waals surface area contributed by atoms with Crippen molar-refractivity contribution in [2.75, 3.05) is 11.9 Å². The van der Waals surface area contributed by atoms with Gasteiger partial charge in [0.15, 0.2) is 10.8 Å². The van der Waals surface area contributed by atoms with E-state index in [2.05, 4.69) is 4.98 Å². The smallest absolute Gasteiger partial charge is 0.416 e. The zero-order valence-electron chi connectivity index (χ0n) is 10.6. The van der Waals surface area contributed by atoms with Crippen molar-refractivity contribution in [2.45, 2.75) is 6.61 Å². The van der Waals surface area contributed by atoms with Gasteiger partial charge >= 0.3 is 12.1 Å². The summed E-state index contributed by atoms with van der Waals surface area (Å²) in [6.07, 6.45) is -0.583. The van der Waals surface area contributed by atoms with E-state index in [4.69, 9.17) is 9.84 Å². The van der Waals surface area contributed by atoms with Crippen LogP contribution in [0.3, 0.4) is 0 Å². The van der Waals surface area contributed by atoms with Crippen molar-refractivity contribution in [2.24, 2.45) is 0 Å². The number of aromatic nitrogens is 1. The van der Waals surface area contributed by atoms with E-state index in [-0.39, 0.29) is 17.4 Å². The lowest BCUT2D eigenvalue weighted by Crippen LogP contribution is -2.26. The average molecular weight is 292 g/mol. The minimum atomic E-state index is -1.13. The molecule has 0 saturated carbocycles. The fourth-order valence-electron chi connectivity index (χ4n) is 1.41. The number of carboxylic acid groups (broad SMARTS) is 1. The summed E-state index contributed by atoms with van der Waals surface area (Å²) in [4.78, 5) is 27.6. The Morgan fingerprint density at radius 3 is 2.65 bits per heavy atom. The van der Waals surface area contributed by atoms with E-state index in [9.17, 15) is 9.59 Å². The van der Waals surface area contributed by atoms with Crippen LogP contribution in [-0.4, -0.2) is 29.2 Å². The van der Waals surface area contributed by atoms with Crippen LogP contribution in [0.15, 0.2) is 35.7 Å². The molecule has 20 heavy (non-hydrogen) atoms. The highest BCUT2D eigenvalue weighted by molar-refractivity contribution is 7.14. The Bertz CT molecular complexity index is 612. The third-order valence-electron chi connectivity index (χ3n) is 2.48. The standard InChI is InChI=1S/C13H12N2O4S/c1-15(12-14-10(8-20-12)11(16)17)13(18)19-7-9-5-3-2-4-6-9/h2-6,8H,7H2,1H3,(H,16,17).